The molecule has 156 valence electrons. The topological polar surface area (TPSA) is 101 Å². The van der Waals surface area contributed by atoms with Crippen molar-refractivity contribution in [2.24, 2.45) is 0 Å². The molecular weight excluding hydrogens is 424 g/mol. The summed E-state index contributed by atoms with van der Waals surface area (Å²) in [6.45, 7) is 2.14. The van der Waals surface area contributed by atoms with E-state index >= 15 is 0 Å². The Morgan fingerprint density at radius 2 is 1.90 bits per heavy atom. The minimum absolute atomic E-state index is 0.138. The van der Waals surface area contributed by atoms with E-state index in [0.717, 1.165) is 17.4 Å². The number of ether oxygens (including phenoxy) is 1. The van der Waals surface area contributed by atoms with Gasteiger partial charge in [0, 0.05) is 18.5 Å². The number of fused-ring (bicyclic) bond motifs is 1. The summed E-state index contributed by atoms with van der Waals surface area (Å²) in [6.07, 6.45) is 0.486. The van der Waals surface area contributed by atoms with E-state index in [0.29, 0.717) is 21.6 Å². The third-order valence-corrected chi connectivity index (χ3v) is 6.71. The van der Waals surface area contributed by atoms with Gasteiger partial charge in [0.25, 0.3) is 5.91 Å². The van der Waals surface area contributed by atoms with E-state index in [1.807, 2.05) is 31.2 Å². The molecule has 0 saturated heterocycles. The summed E-state index contributed by atoms with van der Waals surface area (Å²) in [5.41, 5.74) is 2.49. The molecule has 4 rings (SSSR count). The van der Waals surface area contributed by atoms with Crippen LogP contribution < -0.4 is 14.4 Å². The molecule has 2 heterocycles. The van der Waals surface area contributed by atoms with Crippen molar-refractivity contribution < 1.29 is 17.9 Å². The maximum atomic E-state index is 12.8. The van der Waals surface area contributed by atoms with E-state index in [1.165, 1.54) is 15.6 Å². The lowest BCUT2D eigenvalue weighted by atomic mass is 10.2. The monoisotopic (exact) mass is 444 g/mol. The Morgan fingerprint density at radius 1 is 1.17 bits per heavy atom. The predicted octanol–water partition coefficient (Wildman–Crippen LogP) is 3.07. The molecule has 3 aromatic rings. The average Bonchev–Trinajstić information content (AvgIpc) is 3.06. The van der Waals surface area contributed by atoms with Crippen LogP contribution in [0.4, 0.5) is 10.8 Å². The molecule has 1 amide bonds. The maximum absolute atomic E-state index is 12.8. The third kappa shape index (κ3) is 4.29. The van der Waals surface area contributed by atoms with E-state index in [-0.39, 0.29) is 13.0 Å². The zero-order valence-corrected chi connectivity index (χ0v) is 18.0. The first-order valence-corrected chi connectivity index (χ1v) is 11.9. The van der Waals surface area contributed by atoms with Gasteiger partial charge in [-0.05, 0) is 19.1 Å². The number of aryl methyl sites for hydroxylation is 1. The van der Waals surface area contributed by atoms with Gasteiger partial charge in [-0.25, -0.2) is 8.42 Å². The van der Waals surface area contributed by atoms with Crippen LogP contribution in [0.3, 0.4) is 0 Å². The van der Waals surface area contributed by atoms with Gasteiger partial charge in [0.2, 0.25) is 15.2 Å². The zero-order valence-electron chi connectivity index (χ0n) is 16.4. The fraction of sp³-hybridized carbons (Fsp3) is 0.250. The molecule has 0 spiro atoms. The Labute approximate surface area is 178 Å². The van der Waals surface area contributed by atoms with Crippen LogP contribution in [0.1, 0.15) is 12.0 Å². The van der Waals surface area contributed by atoms with Crippen molar-refractivity contribution >= 4 is 38.1 Å². The van der Waals surface area contributed by atoms with E-state index in [1.54, 1.807) is 24.3 Å². The molecule has 1 N–H and O–H groups in total. The number of amides is 1. The lowest BCUT2D eigenvalue weighted by molar-refractivity contribution is -0.122. The normalized spacial score (nSPS) is 16.3. The van der Waals surface area contributed by atoms with Crippen LogP contribution in [0.25, 0.3) is 10.6 Å². The lowest BCUT2D eigenvalue weighted by Crippen LogP contribution is -2.35. The fourth-order valence-electron chi connectivity index (χ4n) is 3.13. The van der Waals surface area contributed by atoms with E-state index < -0.39 is 22.0 Å². The highest BCUT2D eigenvalue weighted by Gasteiger charge is 2.31. The Balaban J connectivity index is 1.51. The van der Waals surface area contributed by atoms with E-state index in [4.69, 9.17) is 4.74 Å². The predicted molar refractivity (Wildman–Crippen MR) is 116 cm³/mol. The number of aromatic nitrogens is 2. The number of para-hydroxylation sites is 2. The summed E-state index contributed by atoms with van der Waals surface area (Å²) in [4.78, 5) is 12.8. The molecule has 1 aromatic heterocycles. The SMILES string of the molecule is Cc1ccc(-c2nnc(NC(=O)C3CCN(S(C)(=O)=O)c4ccccc4O3)s2)cc1. The van der Waals surface area contributed by atoms with Gasteiger partial charge in [-0.15, -0.1) is 10.2 Å². The standard InChI is InChI=1S/C20H20N4O4S2/c1-13-7-9-14(10-8-13)19-22-23-20(29-19)21-18(25)17-11-12-24(30(2,26)27)15-5-3-4-6-16(15)28-17/h3-10,17H,11-12H2,1-2H3,(H,21,23,25). The highest BCUT2D eigenvalue weighted by molar-refractivity contribution is 7.92. The minimum atomic E-state index is -3.50. The molecule has 30 heavy (non-hydrogen) atoms. The molecule has 0 radical (unpaired) electrons. The van der Waals surface area contributed by atoms with Gasteiger partial charge < -0.3 is 4.74 Å². The summed E-state index contributed by atoms with van der Waals surface area (Å²) < 4.78 is 31.5. The van der Waals surface area contributed by atoms with Crippen molar-refractivity contribution in [3.8, 4) is 16.3 Å². The highest BCUT2D eigenvalue weighted by Crippen LogP contribution is 2.34. The molecule has 8 nitrogen and oxygen atoms in total. The smallest absolute Gasteiger partial charge is 0.267 e. The van der Waals surface area contributed by atoms with Crippen molar-refractivity contribution in [3.63, 3.8) is 0 Å². The second-order valence-corrected chi connectivity index (χ2v) is 9.85. The number of nitrogens with one attached hydrogen (secondary N) is 1. The van der Waals surface area contributed by atoms with Crippen molar-refractivity contribution in [1.29, 1.82) is 0 Å². The Kier molecular flexibility index (Phi) is 5.44. The molecule has 10 heteroatoms. The first kappa shape index (κ1) is 20.3. The lowest BCUT2D eigenvalue weighted by Gasteiger charge is -2.20. The fourth-order valence-corrected chi connectivity index (χ4v) is 4.83. The summed E-state index contributed by atoms with van der Waals surface area (Å²) in [5.74, 6) is -0.0510. The number of nitrogens with zero attached hydrogens (tertiary/aromatic N) is 3. The molecule has 0 aliphatic carbocycles. The van der Waals surface area contributed by atoms with Gasteiger partial charge in [0.15, 0.2) is 6.10 Å². The number of carbonyl (C=O) groups excluding carboxylic acids is 1. The number of carbonyl (C=O) groups is 1. The minimum Gasteiger partial charge on any atom is -0.478 e. The summed E-state index contributed by atoms with van der Waals surface area (Å²) in [7, 11) is -3.50. The van der Waals surface area contributed by atoms with Gasteiger partial charge in [0.05, 0.1) is 11.9 Å². The Hall–Kier alpha value is -2.98. The molecule has 0 bridgehead atoms. The zero-order chi connectivity index (χ0) is 21.3. The first-order chi connectivity index (χ1) is 14.3. The van der Waals surface area contributed by atoms with Gasteiger partial charge >= 0.3 is 0 Å². The van der Waals surface area contributed by atoms with Crippen LogP contribution >= 0.6 is 11.3 Å². The van der Waals surface area contributed by atoms with Crippen molar-refractivity contribution in [2.75, 3.05) is 22.4 Å². The molecular formula is C20H20N4O4S2. The maximum Gasteiger partial charge on any atom is 0.267 e. The van der Waals surface area contributed by atoms with E-state index in [2.05, 4.69) is 15.5 Å². The second-order valence-electron chi connectivity index (χ2n) is 6.97. The summed E-state index contributed by atoms with van der Waals surface area (Å²) >= 11 is 1.26. The van der Waals surface area contributed by atoms with Crippen LogP contribution in [-0.2, 0) is 14.8 Å². The summed E-state index contributed by atoms with van der Waals surface area (Å²) in [6, 6.07) is 14.7. The van der Waals surface area contributed by atoms with Crippen LogP contribution in [0.5, 0.6) is 5.75 Å². The first-order valence-electron chi connectivity index (χ1n) is 9.26. The van der Waals surface area contributed by atoms with Gasteiger partial charge in [0.1, 0.15) is 10.8 Å². The molecule has 1 unspecified atom stereocenters. The Bertz CT molecular complexity index is 1180. The Morgan fingerprint density at radius 3 is 2.63 bits per heavy atom. The highest BCUT2D eigenvalue weighted by atomic mass is 32.2. The van der Waals surface area contributed by atoms with Crippen LogP contribution in [0, 0.1) is 6.92 Å². The van der Waals surface area contributed by atoms with Crippen LogP contribution in [-0.4, -0.2) is 43.4 Å². The molecule has 1 aliphatic heterocycles. The van der Waals surface area contributed by atoms with Gasteiger partial charge in [-0.2, -0.15) is 0 Å². The number of sulfonamides is 1. The van der Waals surface area contributed by atoms with Gasteiger partial charge in [-0.1, -0.05) is 53.3 Å². The van der Waals surface area contributed by atoms with Gasteiger partial charge in [-0.3, -0.25) is 14.4 Å². The van der Waals surface area contributed by atoms with Crippen molar-refractivity contribution in [2.45, 2.75) is 19.4 Å². The molecule has 2 aromatic carbocycles. The van der Waals surface area contributed by atoms with E-state index in [9.17, 15) is 13.2 Å². The number of hydrogen-bond acceptors (Lipinski definition) is 7. The summed E-state index contributed by atoms with van der Waals surface area (Å²) in [5, 5.41) is 12.0. The number of benzene rings is 2. The third-order valence-electron chi connectivity index (χ3n) is 4.64. The number of rotatable bonds is 4. The number of hydrogen-bond donors (Lipinski definition) is 1. The quantitative estimate of drug-likeness (QED) is 0.664. The van der Waals surface area contributed by atoms with Crippen molar-refractivity contribution in [3.05, 3.63) is 54.1 Å². The molecule has 1 aliphatic rings. The molecule has 0 fully saturated rings. The largest absolute Gasteiger partial charge is 0.478 e. The second kappa shape index (κ2) is 8.04. The van der Waals surface area contributed by atoms with Crippen LogP contribution in [0.2, 0.25) is 0 Å². The molecule has 1 atom stereocenters. The molecule has 0 saturated carbocycles. The number of anilines is 2. The van der Waals surface area contributed by atoms with Crippen molar-refractivity contribution in [1.82, 2.24) is 10.2 Å². The average molecular weight is 445 g/mol. The van der Waals surface area contributed by atoms with Crippen LogP contribution in [0.15, 0.2) is 48.5 Å².